The maximum Gasteiger partial charge on any atom is 0.308 e. The van der Waals surface area contributed by atoms with Crippen LogP contribution in [0.5, 0.6) is 0 Å². The highest BCUT2D eigenvalue weighted by Crippen LogP contribution is 2.33. The van der Waals surface area contributed by atoms with Crippen molar-refractivity contribution in [2.24, 2.45) is 11.8 Å². The van der Waals surface area contributed by atoms with E-state index < -0.39 is 35.7 Å². The zero-order chi connectivity index (χ0) is 16.2. The highest BCUT2D eigenvalue weighted by molar-refractivity contribution is 6.18. The minimum Gasteiger partial charge on any atom is -0.462 e. The highest BCUT2D eigenvalue weighted by atomic mass is 35.5. The van der Waals surface area contributed by atoms with E-state index in [0.717, 1.165) is 0 Å². The number of rotatable bonds is 6. The van der Waals surface area contributed by atoms with Crippen molar-refractivity contribution in [2.45, 2.75) is 45.6 Å². The fraction of sp³-hybridized carbons (Fsp3) is 0.857. The Hall–Kier alpha value is -0.880. The van der Waals surface area contributed by atoms with Gasteiger partial charge in [0.25, 0.3) is 0 Å². The summed E-state index contributed by atoms with van der Waals surface area (Å²) in [7, 11) is 0. The first-order valence-corrected chi connectivity index (χ1v) is 7.48. The van der Waals surface area contributed by atoms with E-state index in [0.29, 0.717) is 0 Å². The maximum atomic E-state index is 14.0. The number of alkyl halides is 2. The van der Waals surface area contributed by atoms with Gasteiger partial charge >= 0.3 is 11.9 Å². The van der Waals surface area contributed by atoms with Gasteiger partial charge in [-0.2, -0.15) is 0 Å². The standard InChI is InChI=1S/C14H22ClFO5/c1-8(2)12(17)19-7-14(6-15)11(10(16)5-20-14)21-13(18)9(3)4/h8-11H,5-7H2,1-4H3/t10-,11-,14+/m0/s1. The molecule has 1 saturated heterocycles. The maximum absolute atomic E-state index is 14.0. The average molecular weight is 325 g/mol. The summed E-state index contributed by atoms with van der Waals surface area (Å²) >= 11 is 5.88. The molecular formula is C14H22ClFO5. The minimum atomic E-state index is -1.50. The topological polar surface area (TPSA) is 61.8 Å². The molecule has 1 heterocycles. The zero-order valence-electron chi connectivity index (χ0n) is 12.7. The lowest BCUT2D eigenvalue weighted by molar-refractivity contribution is -0.173. The van der Waals surface area contributed by atoms with Gasteiger partial charge in [-0.25, -0.2) is 4.39 Å². The van der Waals surface area contributed by atoms with Crippen LogP contribution in [0.25, 0.3) is 0 Å². The molecule has 0 N–H and O–H groups in total. The Bertz CT molecular complexity index is 388. The van der Waals surface area contributed by atoms with Gasteiger partial charge in [0.15, 0.2) is 17.9 Å². The molecule has 0 amide bonds. The van der Waals surface area contributed by atoms with Crippen LogP contribution in [-0.4, -0.2) is 48.9 Å². The molecule has 1 rings (SSSR count). The third-order valence-corrected chi connectivity index (χ3v) is 3.70. The van der Waals surface area contributed by atoms with E-state index in [-0.39, 0.29) is 25.0 Å². The molecule has 3 atom stereocenters. The Kier molecular flexibility index (Phi) is 6.41. The summed E-state index contributed by atoms with van der Waals surface area (Å²) in [6, 6.07) is 0. The normalized spacial score (nSPS) is 29.0. The first-order chi connectivity index (χ1) is 9.73. The molecule has 0 unspecified atom stereocenters. The summed E-state index contributed by atoms with van der Waals surface area (Å²) in [5.41, 5.74) is -1.34. The molecule has 0 spiro atoms. The van der Waals surface area contributed by atoms with Gasteiger partial charge < -0.3 is 14.2 Å². The zero-order valence-corrected chi connectivity index (χ0v) is 13.5. The third kappa shape index (κ3) is 4.30. The van der Waals surface area contributed by atoms with Crippen LogP contribution in [0.2, 0.25) is 0 Å². The molecule has 21 heavy (non-hydrogen) atoms. The predicted octanol–water partition coefficient (Wildman–Crippen LogP) is 2.10. The second-order valence-electron chi connectivity index (χ2n) is 5.80. The minimum absolute atomic E-state index is 0.144. The van der Waals surface area contributed by atoms with Gasteiger partial charge in [-0.05, 0) is 0 Å². The predicted molar refractivity (Wildman–Crippen MR) is 74.8 cm³/mol. The fourth-order valence-electron chi connectivity index (χ4n) is 1.82. The van der Waals surface area contributed by atoms with E-state index in [4.69, 9.17) is 25.8 Å². The molecule has 0 aromatic rings. The second kappa shape index (κ2) is 7.40. The summed E-state index contributed by atoms with van der Waals surface area (Å²) in [5, 5.41) is 0. The van der Waals surface area contributed by atoms with Crippen molar-refractivity contribution in [3.63, 3.8) is 0 Å². The quantitative estimate of drug-likeness (QED) is 0.553. The van der Waals surface area contributed by atoms with E-state index >= 15 is 0 Å². The number of ether oxygens (including phenoxy) is 3. The Morgan fingerprint density at radius 1 is 1.29 bits per heavy atom. The molecule has 0 saturated carbocycles. The van der Waals surface area contributed by atoms with Crippen LogP contribution in [0.3, 0.4) is 0 Å². The van der Waals surface area contributed by atoms with Gasteiger partial charge in [-0.1, -0.05) is 27.7 Å². The third-order valence-electron chi connectivity index (χ3n) is 3.25. The second-order valence-corrected chi connectivity index (χ2v) is 6.07. The van der Waals surface area contributed by atoms with Crippen molar-refractivity contribution in [3.05, 3.63) is 0 Å². The number of halogens is 2. The van der Waals surface area contributed by atoms with Crippen LogP contribution in [0, 0.1) is 11.8 Å². The van der Waals surface area contributed by atoms with E-state index in [1.807, 2.05) is 0 Å². The van der Waals surface area contributed by atoms with Crippen molar-refractivity contribution in [1.82, 2.24) is 0 Å². The Labute approximate surface area is 129 Å². The van der Waals surface area contributed by atoms with Crippen LogP contribution in [0.1, 0.15) is 27.7 Å². The molecule has 1 aliphatic rings. The number of hydrogen-bond donors (Lipinski definition) is 0. The van der Waals surface area contributed by atoms with Crippen molar-refractivity contribution >= 4 is 23.5 Å². The number of carbonyl (C=O) groups excluding carboxylic acids is 2. The largest absolute Gasteiger partial charge is 0.462 e. The molecule has 0 aliphatic carbocycles. The highest BCUT2D eigenvalue weighted by Gasteiger charge is 2.54. The van der Waals surface area contributed by atoms with E-state index in [2.05, 4.69) is 0 Å². The van der Waals surface area contributed by atoms with E-state index in [1.165, 1.54) is 0 Å². The van der Waals surface area contributed by atoms with E-state index in [9.17, 15) is 14.0 Å². The average Bonchev–Trinajstić information content (AvgIpc) is 2.74. The van der Waals surface area contributed by atoms with Crippen molar-refractivity contribution < 1.29 is 28.2 Å². The van der Waals surface area contributed by atoms with Gasteiger partial charge in [-0.3, -0.25) is 9.59 Å². The van der Waals surface area contributed by atoms with Crippen LogP contribution in [-0.2, 0) is 23.8 Å². The van der Waals surface area contributed by atoms with Crippen molar-refractivity contribution in [2.75, 3.05) is 19.1 Å². The molecule has 7 heteroatoms. The van der Waals surface area contributed by atoms with Gasteiger partial charge in [-0.15, -0.1) is 11.6 Å². The Morgan fingerprint density at radius 2 is 1.86 bits per heavy atom. The van der Waals surface area contributed by atoms with Crippen LogP contribution >= 0.6 is 11.6 Å². The number of carbonyl (C=O) groups is 2. The first kappa shape index (κ1) is 18.2. The number of esters is 2. The smallest absolute Gasteiger partial charge is 0.308 e. The Balaban J connectivity index is 2.81. The molecule has 0 aromatic heterocycles. The summed E-state index contributed by atoms with van der Waals surface area (Å²) in [6.07, 6.45) is -2.67. The number of hydrogen-bond acceptors (Lipinski definition) is 5. The molecule has 122 valence electrons. The van der Waals surface area contributed by atoms with Crippen LogP contribution in [0.15, 0.2) is 0 Å². The summed E-state index contributed by atoms with van der Waals surface area (Å²) in [6.45, 7) is 6.16. The first-order valence-electron chi connectivity index (χ1n) is 6.94. The van der Waals surface area contributed by atoms with Gasteiger partial charge in [0.05, 0.1) is 24.3 Å². The lowest BCUT2D eigenvalue weighted by atomic mass is 9.98. The lowest BCUT2D eigenvalue weighted by Crippen LogP contribution is -2.51. The fourth-order valence-corrected chi connectivity index (χ4v) is 2.13. The van der Waals surface area contributed by atoms with Crippen LogP contribution in [0.4, 0.5) is 4.39 Å². The molecule has 0 aromatic carbocycles. The van der Waals surface area contributed by atoms with E-state index in [1.54, 1.807) is 27.7 Å². The molecule has 1 fully saturated rings. The summed E-state index contributed by atoms with van der Waals surface area (Å²) < 4.78 is 29.6. The molecule has 5 nitrogen and oxygen atoms in total. The summed E-state index contributed by atoms with van der Waals surface area (Å²) in [5.74, 6) is -1.85. The van der Waals surface area contributed by atoms with Gasteiger partial charge in [0, 0.05) is 0 Å². The summed E-state index contributed by atoms with van der Waals surface area (Å²) in [4.78, 5) is 23.3. The SMILES string of the molecule is CC(C)C(=O)OC[C@@]1(CCl)OC[C@H](F)[C@@H]1OC(=O)C(C)C. The monoisotopic (exact) mass is 324 g/mol. The van der Waals surface area contributed by atoms with Gasteiger partial charge in [0.2, 0.25) is 0 Å². The molecular weight excluding hydrogens is 303 g/mol. The van der Waals surface area contributed by atoms with Crippen LogP contribution < -0.4 is 0 Å². The molecule has 0 radical (unpaired) electrons. The molecule has 0 bridgehead atoms. The lowest BCUT2D eigenvalue weighted by Gasteiger charge is -2.32. The van der Waals surface area contributed by atoms with Crippen molar-refractivity contribution in [1.29, 1.82) is 0 Å². The van der Waals surface area contributed by atoms with Gasteiger partial charge in [0.1, 0.15) is 6.61 Å². The Morgan fingerprint density at radius 3 is 2.33 bits per heavy atom. The molecule has 1 aliphatic heterocycles. The van der Waals surface area contributed by atoms with Crippen molar-refractivity contribution in [3.8, 4) is 0 Å².